The van der Waals surface area contributed by atoms with Gasteiger partial charge in [-0.25, -0.2) is 0 Å². The van der Waals surface area contributed by atoms with Gasteiger partial charge in [0.2, 0.25) is 0 Å². The van der Waals surface area contributed by atoms with Crippen molar-refractivity contribution in [1.29, 1.82) is 0 Å². The maximum atomic E-state index is 9.29. The zero-order valence-electron chi connectivity index (χ0n) is 10.1. The molecule has 0 aliphatic carbocycles. The van der Waals surface area contributed by atoms with Crippen molar-refractivity contribution in [2.75, 3.05) is 0 Å². The Bertz CT molecular complexity index is 327. The van der Waals surface area contributed by atoms with Gasteiger partial charge in [0.15, 0.2) is 0 Å². The Morgan fingerprint density at radius 2 is 1.88 bits per heavy atom. The van der Waals surface area contributed by atoms with Gasteiger partial charge in [0.1, 0.15) is 0 Å². The Morgan fingerprint density at radius 1 is 1.25 bits per heavy atom. The van der Waals surface area contributed by atoms with Gasteiger partial charge in [0.05, 0.1) is 6.10 Å². The van der Waals surface area contributed by atoms with Crippen molar-refractivity contribution >= 4 is 11.6 Å². The highest BCUT2D eigenvalue weighted by molar-refractivity contribution is 6.31. The van der Waals surface area contributed by atoms with E-state index in [2.05, 4.69) is 19.2 Å². The van der Waals surface area contributed by atoms with Crippen LogP contribution in [0.25, 0.3) is 0 Å². The molecule has 3 unspecified atom stereocenters. The number of benzene rings is 1. The molecule has 0 radical (unpaired) electrons. The third kappa shape index (κ3) is 4.12. The van der Waals surface area contributed by atoms with Crippen LogP contribution in [-0.2, 0) is 0 Å². The molecule has 90 valence electrons. The standard InChI is InChI=1S/C13H20ClNO/c1-9(8-10(2)16)15-11(3)12-6-4-5-7-13(12)14/h4-7,9-11,15-16H,8H2,1-3H3. The summed E-state index contributed by atoms with van der Waals surface area (Å²) in [6, 6.07) is 8.30. The van der Waals surface area contributed by atoms with Crippen molar-refractivity contribution in [3.63, 3.8) is 0 Å². The summed E-state index contributed by atoms with van der Waals surface area (Å²) in [5.41, 5.74) is 1.10. The van der Waals surface area contributed by atoms with E-state index in [0.717, 1.165) is 17.0 Å². The lowest BCUT2D eigenvalue weighted by atomic mass is 10.1. The number of hydrogen-bond donors (Lipinski definition) is 2. The quantitative estimate of drug-likeness (QED) is 0.830. The van der Waals surface area contributed by atoms with Gasteiger partial charge < -0.3 is 10.4 Å². The lowest BCUT2D eigenvalue weighted by Crippen LogP contribution is -2.31. The molecule has 1 rings (SSSR count). The highest BCUT2D eigenvalue weighted by Gasteiger charge is 2.13. The number of nitrogens with one attached hydrogen (secondary N) is 1. The van der Waals surface area contributed by atoms with Crippen LogP contribution in [0.5, 0.6) is 0 Å². The van der Waals surface area contributed by atoms with Gasteiger partial charge in [-0.1, -0.05) is 29.8 Å². The normalized spacial score (nSPS) is 16.8. The second kappa shape index (κ2) is 6.24. The van der Waals surface area contributed by atoms with Gasteiger partial charge in [-0.05, 0) is 38.8 Å². The average Bonchev–Trinajstić information content (AvgIpc) is 2.16. The molecule has 3 atom stereocenters. The first kappa shape index (κ1) is 13.5. The first-order valence-corrected chi connectivity index (χ1v) is 6.07. The number of hydrogen-bond acceptors (Lipinski definition) is 2. The topological polar surface area (TPSA) is 32.3 Å². The molecule has 2 nitrogen and oxygen atoms in total. The molecule has 0 fully saturated rings. The summed E-state index contributed by atoms with van der Waals surface area (Å²) in [5.74, 6) is 0. The molecule has 1 aromatic rings. The number of halogens is 1. The summed E-state index contributed by atoms with van der Waals surface area (Å²) in [7, 11) is 0. The van der Waals surface area contributed by atoms with Crippen molar-refractivity contribution < 1.29 is 5.11 Å². The van der Waals surface area contributed by atoms with Gasteiger partial charge in [0, 0.05) is 17.1 Å². The van der Waals surface area contributed by atoms with Crippen LogP contribution in [0, 0.1) is 0 Å². The van der Waals surface area contributed by atoms with Gasteiger partial charge in [0.25, 0.3) is 0 Å². The minimum absolute atomic E-state index is 0.197. The van der Waals surface area contributed by atoms with E-state index < -0.39 is 0 Å². The van der Waals surface area contributed by atoms with E-state index >= 15 is 0 Å². The third-order valence-electron chi connectivity index (χ3n) is 2.60. The van der Waals surface area contributed by atoms with Crippen molar-refractivity contribution in [2.24, 2.45) is 0 Å². The SMILES string of the molecule is CC(O)CC(C)NC(C)c1ccccc1Cl. The van der Waals surface area contributed by atoms with Crippen LogP contribution in [-0.4, -0.2) is 17.3 Å². The van der Waals surface area contributed by atoms with Crippen LogP contribution in [0.3, 0.4) is 0 Å². The zero-order valence-corrected chi connectivity index (χ0v) is 10.8. The molecule has 0 amide bonds. The highest BCUT2D eigenvalue weighted by atomic mass is 35.5. The molecule has 0 saturated heterocycles. The van der Waals surface area contributed by atoms with E-state index in [9.17, 15) is 5.11 Å². The second-order valence-electron chi connectivity index (χ2n) is 4.40. The fraction of sp³-hybridized carbons (Fsp3) is 0.538. The Labute approximate surface area is 103 Å². The van der Waals surface area contributed by atoms with E-state index in [1.807, 2.05) is 24.3 Å². The van der Waals surface area contributed by atoms with Gasteiger partial charge in [-0.2, -0.15) is 0 Å². The molecule has 3 heteroatoms. The lowest BCUT2D eigenvalue weighted by Gasteiger charge is -2.22. The third-order valence-corrected chi connectivity index (χ3v) is 2.95. The summed E-state index contributed by atoms with van der Waals surface area (Å²) >= 11 is 6.12. The summed E-state index contributed by atoms with van der Waals surface area (Å²) < 4.78 is 0. The fourth-order valence-electron chi connectivity index (χ4n) is 1.92. The van der Waals surface area contributed by atoms with E-state index in [0.29, 0.717) is 0 Å². The minimum atomic E-state index is -0.277. The van der Waals surface area contributed by atoms with Crippen LogP contribution in [0.4, 0.5) is 0 Å². The van der Waals surface area contributed by atoms with E-state index in [4.69, 9.17) is 11.6 Å². The van der Waals surface area contributed by atoms with Gasteiger partial charge in [-0.3, -0.25) is 0 Å². The predicted octanol–water partition coefficient (Wildman–Crippen LogP) is 3.15. The smallest absolute Gasteiger partial charge is 0.0526 e. The van der Waals surface area contributed by atoms with Crippen LogP contribution in [0.1, 0.15) is 38.8 Å². The molecule has 1 aromatic carbocycles. The minimum Gasteiger partial charge on any atom is -0.393 e. The van der Waals surface area contributed by atoms with Crippen LogP contribution in [0.2, 0.25) is 5.02 Å². The maximum Gasteiger partial charge on any atom is 0.0526 e. The monoisotopic (exact) mass is 241 g/mol. The average molecular weight is 242 g/mol. The molecule has 0 bridgehead atoms. The predicted molar refractivity (Wildman–Crippen MR) is 68.8 cm³/mol. The van der Waals surface area contributed by atoms with Crippen molar-refractivity contribution in [1.82, 2.24) is 5.32 Å². The Hall–Kier alpha value is -0.570. The molecule has 0 aliphatic rings. The molecule has 0 aromatic heterocycles. The number of aliphatic hydroxyl groups is 1. The van der Waals surface area contributed by atoms with Gasteiger partial charge >= 0.3 is 0 Å². The molecule has 0 saturated carbocycles. The highest BCUT2D eigenvalue weighted by Crippen LogP contribution is 2.22. The van der Waals surface area contributed by atoms with Crippen LogP contribution in [0.15, 0.2) is 24.3 Å². The van der Waals surface area contributed by atoms with Crippen LogP contribution < -0.4 is 5.32 Å². The van der Waals surface area contributed by atoms with E-state index in [-0.39, 0.29) is 18.2 Å². The van der Waals surface area contributed by atoms with E-state index in [1.165, 1.54) is 0 Å². The zero-order chi connectivity index (χ0) is 12.1. The summed E-state index contributed by atoms with van der Waals surface area (Å²) in [6.45, 7) is 5.96. The Balaban J connectivity index is 2.58. The van der Waals surface area contributed by atoms with Crippen molar-refractivity contribution in [3.8, 4) is 0 Å². The fourth-order valence-corrected chi connectivity index (χ4v) is 2.22. The summed E-state index contributed by atoms with van der Waals surface area (Å²) in [6.07, 6.45) is 0.468. The Kier molecular flexibility index (Phi) is 5.26. The first-order chi connectivity index (χ1) is 7.50. The molecule has 0 aliphatic heterocycles. The van der Waals surface area contributed by atoms with Crippen molar-refractivity contribution in [3.05, 3.63) is 34.9 Å². The first-order valence-electron chi connectivity index (χ1n) is 5.69. The molecule has 0 heterocycles. The molecule has 2 N–H and O–H groups in total. The lowest BCUT2D eigenvalue weighted by molar-refractivity contribution is 0.168. The molecular weight excluding hydrogens is 222 g/mol. The molecule has 0 spiro atoms. The van der Waals surface area contributed by atoms with Crippen LogP contribution >= 0.6 is 11.6 Å². The van der Waals surface area contributed by atoms with Gasteiger partial charge in [-0.15, -0.1) is 0 Å². The summed E-state index contributed by atoms with van der Waals surface area (Å²) in [5, 5.41) is 13.5. The van der Waals surface area contributed by atoms with Crippen molar-refractivity contribution in [2.45, 2.75) is 45.4 Å². The Morgan fingerprint density at radius 3 is 2.44 bits per heavy atom. The molecule has 16 heavy (non-hydrogen) atoms. The maximum absolute atomic E-state index is 9.29. The number of aliphatic hydroxyl groups excluding tert-OH is 1. The summed E-state index contributed by atoms with van der Waals surface area (Å²) in [4.78, 5) is 0. The molecular formula is C13H20ClNO. The number of rotatable bonds is 5. The van der Waals surface area contributed by atoms with E-state index in [1.54, 1.807) is 6.92 Å². The second-order valence-corrected chi connectivity index (χ2v) is 4.80. The largest absolute Gasteiger partial charge is 0.393 e.